The van der Waals surface area contributed by atoms with Gasteiger partial charge < -0.3 is 15.8 Å². The second-order valence-corrected chi connectivity index (χ2v) is 6.43. The summed E-state index contributed by atoms with van der Waals surface area (Å²) in [6.45, 7) is 8.20. The van der Waals surface area contributed by atoms with Crippen molar-refractivity contribution in [3.8, 4) is 5.75 Å². The van der Waals surface area contributed by atoms with Crippen LogP contribution in [-0.2, 0) is 4.79 Å². The van der Waals surface area contributed by atoms with Crippen molar-refractivity contribution in [2.45, 2.75) is 52.6 Å². The zero-order valence-electron chi connectivity index (χ0n) is 15.5. The summed E-state index contributed by atoms with van der Waals surface area (Å²) in [4.78, 5) is 12.7. The van der Waals surface area contributed by atoms with Crippen molar-refractivity contribution in [3.63, 3.8) is 0 Å². The fourth-order valence-corrected chi connectivity index (χ4v) is 2.68. The minimum absolute atomic E-state index is 0.157. The van der Waals surface area contributed by atoms with Crippen LogP contribution in [0.5, 0.6) is 5.75 Å². The average molecular weight is 340 g/mol. The van der Waals surface area contributed by atoms with Crippen LogP contribution in [0, 0.1) is 6.92 Å². The van der Waals surface area contributed by atoms with Crippen molar-refractivity contribution < 1.29 is 9.53 Å². The Morgan fingerprint density at radius 2 is 1.88 bits per heavy atom. The molecule has 0 bridgehead atoms. The molecule has 0 saturated heterocycles. The van der Waals surface area contributed by atoms with Gasteiger partial charge in [0.25, 0.3) is 5.91 Å². The van der Waals surface area contributed by atoms with E-state index in [4.69, 9.17) is 10.5 Å². The third-order valence-electron chi connectivity index (χ3n) is 4.51. The van der Waals surface area contributed by atoms with Crippen molar-refractivity contribution in [3.05, 3.63) is 53.6 Å². The third-order valence-corrected chi connectivity index (χ3v) is 4.51. The van der Waals surface area contributed by atoms with Crippen LogP contribution >= 0.6 is 0 Å². The molecule has 0 spiro atoms. The van der Waals surface area contributed by atoms with Gasteiger partial charge >= 0.3 is 0 Å². The molecule has 134 valence electrons. The maximum Gasteiger partial charge on any atom is 0.265 e. The molecule has 0 radical (unpaired) electrons. The number of hydrogen-bond donors (Lipinski definition) is 2. The predicted molar refractivity (Wildman–Crippen MR) is 104 cm³/mol. The molecule has 4 nitrogen and oxygen atoms in total. The van der Waals surface area contributed by atoms with Crippen LogP contribution in [0.25, 0.3) is 0 Å². The number of nitrogens with one attached hydrogen (secondary N) is 1. The van der Waals surface area contributed by atoms with E-state index in [-0.39, 0.29) is 5.91 Å². The van der Waals surface area contributed by atoms with E-state index < -0.39 is 6.10 Å². The van der Waals surface area contributed by atoms with Gasteiger partial charge in [0.1, 0.15) is 5.75 Å². The maximum absolute atomic E-state index is 12.7. The highest BCUT2D eigenvalue weighted by Gasteiger charge is 2.21. The lowest BCUT2D eigenvalue weighted by molar-refractivity contribution is -0.122. The van der Waals surface area contributed by atoms with Gasteiger partial charge in [-0.25, -0.2) is 0 Å². The molecule has 2 aromatic carbocycles. The molecule has 0 aliphatic rings. The Labute approximate surface area is 150 Å². The first kappa shape index (κ1) is 18.8. The highest BCUT2D eigenvalue weighted by molar-refractivity contribution is 5.95. The van der Waals surface area contributed by atoms with Crippen LogP contribution in [0.1, 0.15) is 50.7 Å². The van der Waals surface area contributed by atoms with E-state index >= 15 is 0 Å². The molecule has 2 aromatic rings. The fourth-order valence-electron chi connectivity index (χ4n) is 2.68. The van der Waals surface area contributed by atoms with Gasteiger partial charge in [-0.1, -0.05) is 45.0 Å². The summed E-state index contributed by atoms with van der Waals surface area (Å²) in [6, 6.07) is 13.4. The monoisotopic (exact) mass is 340 g/mol. The topological polar surface area (TPSA) is 64.3 Å². The summed E-state index contributed by atoms with van der Waals surface area (Å²) >= 11 is 0. The molecule has 0 fully saturated rings. The van der Waals surface area contributed by atoms with Gasteiger partial charge in [0, 0.05) is 11.4 Å². The number of anilines is 2. The normalized spacial score (nSPS) is 13.1. The number of hydrogen-bond acceptors (Lipinski definition) is 3. The van der Waals surface area contributed by atoms with Crippen LogP contribution in [0.15, 0.2) is 42.5 Å². The van der Waals surface area contributed by atoms with E-state index in [0.717, 1.165) is 29.0 Å². The van der Waals surface area contributed by atoms with Crippen LogP contribution in [0.2, 0.25) is 0 Å². The predicted octanol–water partition coefficient (Wildman–Crippen LogP) is 4.89. The molecule has 3 N–H and O–H groups in total. The highest BCUT2D eigenvalue weighted by atomic mass is 16.5. The average Bonchev–Trinajstić information content (AvgIpc) is 2.62. The van der Waals surface area contributed by atoms with Crippen LogP contribution in [-0.4, -0.2) is 12.0 Å². The van der Waals surface area contributed by atoms with Gasteiger partial charge in [-0.05, 0) is 55.0 Å². The van der Waals surface area contributed by atoms with Gasteiger partial charge in [-0.15, -0.1) is 0 Å². The van der Waals surface area contributed by atoms with Gasteiger partial charge in [-0.3, -0.25) is 4.79 Å². The minimum atomic E-state index is -0.550. The number of rotatable bonds is 7. The van der Waals surface area contributed by atoms with Crippen LogP contribution < -0.4 is 15.8 Å². The fraction of sp³-hybridized carbons (Fsp3) is 0.381. The van der Waals surface area contributed by atoms with E-state index in [2.05, 4.69) is 25.2 Å². The quantitative estimate of drug-likeness (QED) is 0.706. The van der Waals surface area contributed by atoms with Crippen molar-refractivity contribution in [2.24, 2.45) is 0 Å². The van der Waals surface area contributed by atoms with E-state index in [1.54, 1.807) is 6.07 Å². The van der Waals surface area contributed by atoms with Crippen molar-refractivity contribution in [1.82, 2.24) is 0 Å². The smallest absolute Gasteiger partial charge is 0.265 e. The molecule has 25 heavy (non-hydrogen) atoms. The number of amides is 1. The van der Waals surface area contributed by atoms with E-state index in [1.807, 2.05) is 44.2 Å². The number of aryl methyl sites for hydroxylation is 1. The Morgan fingerprint density at radius 3 is 2.56 bits per heavy atom. The Hall–Kier alpha value is -2.49. The Bertz CT molecular complexity index is 728. The second kappa shape index (κ2) is 8.56. The summed E-state index contributed by atoms with van der Waals surface area (Å²) < 4.78 is 6.08. The van der Waals surface area contributed by atoms with Gasteiger partial charge in [0.15, 0.2) is 6.10 Å². The summed E-state index contributed by atoms with van der Waals surface area (Å²) in [6.07, 6.45) is 1.06. The third kappa shape index (κ3) is 4.75. The Balaban J connectivity index is 2.17. The molecule has 4 heteroatoms. The molecule has 0 unspecified atom stereocenters. The van der Waals surface area contributed by atoms with Gasteiger partial charge in [0.2, 0.25) is 0 Å². The summed E-state index contributed by atoms with van der Waals surface area (Å²) in [5, 5.41) is 2.94. The molecule has 2 rings (SSSR count). The van der Waals surface area contributed by atoms with E-state index in [0.29, 0.717) is 18.0 Å². The molecule has 0 aromatic heterocycles. The lowest BCUT2D eigenvalue weighted by Gasteiger charge is -2.21. The number of benzene rings is 2. The number of carbonyl (C=O) groups is 1. The van der Waals surface area contributed by atoms with Crippen LogP contribution in [0.4, 0.5) is 11.4 Å². The van der Waals surface area contributed by atoms with Gasteiger partial charge in [0.05, 0.1) is 0 Å². The lowest BCUT2D eigenvalue weighted by atomic mass is 9.98. The first-order chi connectivity index (χ1) is 12.0. The Morgan fingerprint density at radius 1 is 1.16 bits per heavy atom. The van der Waals surface area contributed by atoms with E-state index in [9.17, 15) is 4.79 Å². The minimum Gasteiger partial charge on any atom is -0.480 e. The number of nitrogen functional groups attached to an aromatic ring is 1. The first-order valence-corrected chi connectivity index (χ1v) is 8.88. The molecule has 0 saturated carbocycles. The molecular formula is C21H28N2O2. The number of carbonyl (C=O) groups excluding carboxylic acids is 1. The highest BCUT2D eigenvalue weighted by Crippen LogP contribution is 2.29. The molecule has 0 aliphatic carbocycles. The molecule has 1 amide bonds. The number of nitrogens with two attached hydrogens (primary N) is 1. The lowest BCUT2D eigenvalue weighted by Crippen LogP contribution is -2.33. The summed E-state index contributed by atoms with van der Waals surface area (Å²) in [5.41, 5.74) is 9.27. The van der Waals surface area contributed by atoms with Crippen LogP contribution in [0.3, 0.4) is 0 Å². The standard InChI is InChI=1S/C21H28N2O2/c1-5-14(3)17-9-7-8-10-20(17)25-19(6-2)21(24)23-18-13-16(22)12-11-15(18)4/h7-14,19H,5-6,22H2,1-4H3,(H,23,24)/t14-,19+/m0/s1. The summed E-state index contributed by atoms with van der Waals surface area (Å²) in [5.74, 6) is 1.01. The van der Waals surface area contributed by atoms with Crippen molar-refractivity contribution in [2.75, 3.05) is 11.1 Å². The molecular weight excluding hydrogens is 312 g/mol. The number of ether oxygens (including phenoxy) is 1. The largest absolute Gasteiger partial charge is 0.480 e. The Kier molecular flexibility index (Phi) is 6.45. The van der Waals surface area contributed by atoms with E-state index in [1.165, 1.54) is 0 Å². The van der Waals surface area contributed by atoms with Crippen molar-refractivity contribution >= 4 is 17.3 Å². The molecule has 0 heterocycles. The zero-order valence-corrected chi connectivity index (χ0v) is 15.5. The molecule has 2 atom stereocenters. The molecule has 0 aliphatic heterocycles. The van der Waals surface area contributed by atoms with Crippen molar-refractivity contribution in [1.29, 1.82) is 0 Å². The first-order valence-electron chi connectivity index (χ1n) is 8.88. The number of para-hydroxylation sites is 1. The zero-order chi connectivity index (χ0) is 18.4. The maximum atomic E-state index is 12.7. The SMILES string of the molecule is CC[C@@H](Oc1ccccc1[C@@H](C)CC)C(=O)Nc1cc(N)ccc1C. The second-order valence-electron chi connectivity index (χ2n) is 6.43. The summed E-state index contributed by atoms with van der Waals surface area (Å²) in [7, 11) is 0. The van der Waals surface area contributed by atoms with Gasteiger partial charge in [-0.2, -0.15) is 0 Å².